The second-order valence-electron chi connectivity index (χ2n) is 4.01. The van der Waals surface area contributed by atoms with Gasteiger partial charge in [0.2, 0.25) is 0 Å². The first-order valence-electron chi connectivity index (χ1n) is 4.44. The molecule has 4 unspecified atom stereocenters. The lowest BCUT2D eigenvalue weighted by molar-refractivity contribution is 0.0952. The molecule has 11 heavy (non-hydrogen) atoms. The standard InChI is InChI=1S/C9H13NO/c10-5-3-6-7(4-5)9-2-1-8(6)11-9/h1-2,5-9H,3-4,10H2. The van der Waals surface area contributed by atoms with E-state index in [1.165, 1.54) is 12.8 Å². The maximum absolute atomic E-state index is 5.89. The van der Waals surface area contributed by atoms with Crippen LogP contribution < -0.4 is 5.73 Å². The van der Waals surface area contributed by atoms with Gasteiger partial charge in [-0.2, -0.15) is 0 Å². The number of hydrogen-bond acceptors (Lipinski definition) is 2. The van der Waals surface area contributed by atoms with Crippen molar-refractivity contribution in [3.05, 3.63) is 12.2 Å². The molecule has 0 spiro atoms. The Labute approximate surface area is 66.4 Å². The second-order valence-corrected chi connectivity index (χ2v) is 4.01. The molecule has 4 atom stereocenters. The van der Waals surface area contributed by atoms with Crippen LogP contribution in [0.5, 0.6) is 0 Å². The second kappa shape index (κ2) is 1.87. The van der Waals surface area contributed by atoms with Gasteiger partial charge >= 0.3 is 0 Å². The third-order valence-corrected chi connectivity index (χ3v) is 3.35. The van der Waals surface area contributed by atoms with Gasteiger partial charge in [0.25, 0.3) is 0 Å². The molecule has 0 aromatic rings. The van der Waals surface area contributed by atoms with Crippen molar-refractivity contribution >= 4 is 0 Å². The van der Waals surface area contributed by atoms with Crippen molar-refractivity contribution in [2.45, 2.75) is 31.1 Å². The summed E-state index contributed by atoms with van der Waals surface area (Å²) in [4.78, 5) is 0. The van der Waals surface area contributed by atoms with Crippen LogP contribution in [-0.4, -0.2) is 18.2 Å². The van der Waals surface area contributed by atoms with Crippen LogP contribution in [0, 0.1) is 11.8 Å². The maximum atomic E-state index is 5.89. The molecule has 2 fully saturated rings. The molecule has 0 aromatic carbocycles. The van der Waals surface area contributed by atoms with Crippen molar-refractivity contribution in [3.63, 3.8) is 0 Å². The van der Waals surface area contributed by atoms with Gasteiger partial charge in [0.15, 0.2) is 0 Å². The smallest absolute Gasteiger partial charge is 0.0797 e. The average molecular weight is 151 g/mol. The minimum Gasteiger partial charge on any atom is -0.366 e. The van der Waals surface area contributed by atoms with Gasteiger partial charge in [-0.05, 0) is 24.7 Å². The number of ether oxygens (including phenoxy) is 1. The maximum Gasteiger partial charge on any atom is 0.0797 e. The van der Waals surface area contributed by atoms with Gasteiger partial charge in [-0.1, -0.05) is 12.2 Å². The van der Waals surface area contributed by atoms with Crippen LogP contribution in [0.3, 0.4) is 0 Å². The molecule has 0 radical (unpaired) electrons. The summed E-state index contributed by atoms with van der Waals surface area (Å²) in [5, 5.41) is 0. The van der Waals surface area contributed by atoms with Crippen LogP contribution in [0.1, 0.15) is 12.8 Å². The molecule has 2 N–H and O–H groups in total. The fourth-order valence-electron chi connectivity index (χ4n) is 2.88. The topological polar surface area (TPSA) is 35.2 Å². The molecular formula is C9H13NO. The van der Waals surface area contributed by atoms with Crippen molar-refractivity contribution in [1.82, 2.24) is 0 Å². The molecule has 2 aliphatic heterocycles. The monoisotopic (exact) mass is 151 g/mol. The molecule has 0 amide bonds. The molecule has 2 heteroatoms. The summed E-state index contributed by atoms with van der Waals surface area (Å²) >= 11 is 0. The predicted octanol–water partition coefficient (Wildman–Crippen LogP) is 0.677. The van der Waals surface area contributed by atoms with Gasteiger partial charge in [-0.25, -0.2) is 0 Å². The molecule has 1 saturated carbocycles. The van der Waals surface area contributed by atoms with E-state index in [1.807, 2.05) is 0 Å². The minimum atomic E-state index is 0.415. The molecule has 1 saturated heterocycles. The first-order chi connectivity index (χ1) is 5.34. The van der Waals surface area contributed by atoms with E-state index in [1.54, 1.807) is 0 Å². The first-order valence-corrected chi connectivity index (χ1v) is 4.44. The Balaban J connectivity index is 1.92. The lowest BCUT2D eigenvalue weighted by Crippen LogP contribution is -2.19. The highest BCUT2D eigenvalue weighted by Gasteiger charge is 2.49. The van der Waals surface area contributed by atoms with E-state index in [2.05, 4.69) is 12.2 Å². The SMILES string of the molecule is NC1CC2C3C=CC(O3)C2C1. The Morgan fingerprint density at radius 1 is 1.09 bits per heavy atom. The highest BCUT2D eigenvalue weighted by molar-refractivity contribution is 5.17. The van der Waals surface area contributed by atoms with Crippen molar-refractivity contribution in [2.24, 2.45) is 17.6 Å². The first kappa shape index (κ1) is 6.21. The van der Waals surface area contributed by atoms with Crippen LogP contribution in [0.15, 0.2) is 12.2 Å². The van der Waals surface area contributed by atoms with Crippen LogP contribution in [-0.2, 0) is 4.74 Å². The molecule has 2 heterocycles. The fraction of sp³-hybridized carbons (Fsp3) is 0.778. The highest BCUT2D eigenvalue weighted by atomic mass is 16.5. The quantitative estimate of drug-likeness (QED) is 0.517. The lowest BCUT2D eigenvalue weighted by atomic mass is 9.86. The van der Waals surface area contributed by atoms with Gasteiger partial charge in [-0.15, -0.1) is 0 Å². The van der Waals surface area contributed by atoms with Crippen molar-refractivity contribution in [1.29, 1.82) is 0 Å². The van der Waals surface area contributed by atoms with Gasteiger partial charge in [0.1, 0.15) is 0 Å². The fourth-order valence-corrected chi connectivity index (χ4v) is 2.88. The zero-order chi connectivity index (χ0) is 7.42. The zero-order valence-electron chi connectivity index (χ0n) is 6.44. The minimum absolute atomic E-state index is 0.415. The number of fused-ring (bicyclic) bond motifs is 5. The molecule has 2 bridgehead atoms. The third-order valence-electron chi connectivity index (χ3n) is 3.35. The Kier molecular flexibility index (Phi) is 1.06. The van der Waals surface area contributed by atoms with E-state index in [0.717, 1.165) is 11.8 Å². The molecule has 60 valence electrons. The Hall–Kier alpha value is -0.340. The summed E-state index contributed by atoms with van der Waals surface area (Å²) in [5.74, 6) is 1.50. The molecule has 1 aliphatic carbocycles. The van der Waals surface area contributed by atoms with Crippen LogP contribution >= 0.6 is 0 Å². The third kappa shape index (κ3) is 0.690. The van der Waals surface area contributed by atoms with E-state index < -0.39 is 0 Å². The van der Waals surface area contributed by atoms with Gasteiger partial charge in [0.05, 0.1) is 12.2 Å². The van der Waals surface area contributed by atoms with Crippen molar-refractivity contribution < 1.29 is 4.74 Å². The summed E-state index contributed by atoms with van der Waals surface area (Å²) in [6.07, 6.45) is 7.61. The molecule has 2 nitrogen and oxygen atoms in total. The number of rotatable bonds is 0. The van der Waals surface area contributed by atoms with Gasteiger partial charge in [-0.3, -0.25) is 0 Å². The van der Waals surface area contributed by atoms with Gasteiger partial charge < -0.3 is 10.5 Å². The summed E-state index contributed by atoms with van der Waals surface area (Å²) in [7, 11) is 0. The average Bonchev–Trinajstić information content (AvgIpc) is 2.53. The van der Waals surface area contributed by atoms with E-state index in [-0.39, 0.29) is 0 Å². The largest absolute Gasteiger partial charge is 0.366 e. The van der Waals surface area contributed by atoms with Gasteiger partial charge in [0, 0.05) is 6.04 Å². The van der Waals surface area contributed by atoms with E-state index in [4.69, 9.17) is 10.5 Å². The van der Waals surface area contributed by atoms with Crippen LogP contribution in [0.2, 0.25) is 0 Å². The zero-order valence-corrected chi connectivity index (χ0v) is 6.44. The van der Waals surface area contributed by atoms with Crippen molar-refractivity contribution in [2.75, 3.05) is 0 Å². The highest BCUT2D eigenvalue weighted by Crippen LogP contribution is 2.47. The van der Waals surface area contributed by atoms with E-state index >= 15 is 0 Å². The summed E-state index contributed by atoms with van der Waals surface area (Å²) in [5.41, 5.74) is 5.89. The van der Waals surface area contributed by atoms with E-state index in [0.29, 0.717) is 18.2 Å². The van der Waals surface area contributed by atoms with Crippen LogP contribution in [0.4, 0.5) is 0 Å². The number of nitrogens with two attached hydrogens (primary N) is 1. The lowest BCUT2D eigenvalue weighted by Gasteiger charge is -2.14. The molecule has 3 rings (SSSR count). The van der Waals surface area contributed by atoms with Crippen molar-refractivity contribution in [3.8, 4) is 0 Å². The van der Waals surface area contributed by atoms with E-state index in [9.17, 15) is 0 Å². The molecular weight excluding hydrogens is 138 g/mol. The Morgan fingerprint density at radius 2 is 1.64 bits per heavy atom. The predicted molar refractivity (Wildman–Crippen MR) is 42.0 cm³/mol. The Bertz CT molecular complexity index is 194. The molecule has 0 aromatic heterocycles. The number of hydrogen-bond donors (Lipinski definition) is 1. The normalized spacial score (nSPS) is 58.8. The summed E-state index contributed by atoms with van der Waals surface area (Å²) < 4.78 is 5.72. The summed E-state index contributed by atoms with van der Waals surface area (Å²) in [6, 6.07) is 0.443. The molecule has 3 aliphatic rings. The van der Waals surface area contributed by atoms with Crippen LogP contribution in [0.25, 0.3) is 0 Å². The Morgan fingerprint density at radius 3 is 2.18 bits per heavy atom. The summed E-state index contributed by atoms with van der Waals surface area (Å²) in [6.45, 7) is 0.